The molecule has 1 fully saturated rings. The van der Waals surface area contributed by atoms with E-state index in [1.54, 1.807) is 19.2 Å². The number of ether oxygens (including phenoxy) is 5. The average Bonchev–Trinajstić information content (AvgIpc) is 3.13. The molecule has 52 heavy (non-hydrogen) atoms. The third-order valence-corrected chi connectivity index (χ3v) is 10.7. The molecule has 5 rings (SSSR count). The van der Waals surface area contributed by atoms with Gasteiger partial charge in [-0.25, -0.2) is 4.79 Å². The quantitative estimate of drug-likeness (QED) is 0.124. The summed E-state index contributed by atoms with van der Waals surface area (Å²) >= 11 is 0. The molecule has 284 valence electrons. The predicted molar refractivity (Wildman–Crippen MR) is 197 cm³/mol. The smallest absolute Gasteiger partial charge is 0.407 e. The van der Waals surface area contributed by atoms with Crippen molar-refractivity contribution in [1.29, 1.82) is 0 Å². The van der Waals surface area contributed by atoms with Crippen molar-refractivity contribution in [2.75, 3.05) is 71.2 Å². The first-order valence-electron chi connectivity index (χ1n) is 17.9. The van der Waals surface area contributed by atoms with E-state index >= 15 is 0 Å². The highest BCUT2D eigenvalue weighted by molar-refractivity contribution is 7.86. The van der Waals surface area contributed by atoms with Crippen LogP contribution in [0.2, 0.25) is 0 Å². The lowest BCUT2D eigenvalue weighted by Gasteiger charge is -2.42. The van der Waals surface area contributed by atoms with Crippen LogP contribution in [0.1, 0.15) is 48.4 Å². The van der Waals surface area contributed by atoms with Crippen molar-refractivity contribution in [2.45, 2.75) is 63.4 Å². The molecule has 1 N–H and O–H groups in total. The number of amides is 1. The number of carbonyl (C=O) groups is 1. The Hall–Kier alpha value is -3.72. The molecule has 0 spiro atoms. The highest BCUT2D eigenvalue weighted by Gasteiger charge is 2.41. The molecule has 0 aliphatic carbocycles. The molecule has 4 atom stereocenters. The van der Waals surface area contributed by atoms with Crippen molar-refractivity contribution >= 4 is 21.9 Å². The summed E-state index contributed by atoms with van der Waals surface area (Å²) in [5.41, 5.74) is 4.68. The summed E-state index contributed by atoms with van der Waals surface area (Å²) in [6, 6.07) is 20.3. The van der Waals surface area contributed by atoms with Crippen LogP contribution in [-0.4, -0.2) is 103 Å². The van der Waals surface area contributed by atoms with E-state index in [1.807, 2.05) is 57.2 Å². The molecule has 13 heteroatoms. The molecule has 1 amide bonds. The Morgan fingerprint density at radius 2 is 1.77 bits per heavy atom. The maximum absolute atomic E-state index is 13.3. The van der Waals surface area contributed by atoms with Crippen LogP contribution in [0.4, 0.5) is 10.5 Å². The Labute approximate surface area is 307 Å². The summed E-state index contributed by atoms with van der Waals surface area (Å²) in [7, 11) is -2.41. The van der Waals surface area contributed by atoms with E-state index < -0.39 is 28.2 Å². The molecule has 0 unspecified atom stereocenters. The van der Waals surface area contributed by atoms with Crippen LogP contribution >= 0.6 is 0 Å². The first-order valence-corrected chi connectivity index (χ1v) is 19.3. The fourth-order valence-electron chi connectivity index (χ4n) is 6.77. The van der Waals surface area contributed by atoms with Crippen molar-refractivity contribution in [2.24, 2.45) is 5.92 Å². The second-order valence-electron chi connectivity index (χ2n) is 13.4. The van der Waals surface area contributed by atoms with E-state index in [4.69, 9.17) is 27.9 Å². The number of hydrogen-bond donors (Lipinski definition) is 1. The molecule has 3 aromatic rings. The molecule has 0 aromatic heterocycles. The number of methoxy groups -OCH3 is 1. The largest absolute Gasteiger partial charge is 0.490 e. The molecule has 0 radical (unpaired) electrons. The predicted octanol–water partition coefficient (Wildman–Crippen LogP) is 5.86. The fourth-order valence-corrected chi connectivity index (χ4v) is 7.73. The maximum atomic E-state index is 13.3. The van der Waals surface area contributed by atoms with Crippen LogP contribution in [0.5, 0.6) is 5.75 Å². The summed E-state index contributed by atoms with van der Waals surface area (Å²) in [5, 5.41) is 10.1. The topological polar surface area (TPSA) is 133 Å². The standard InChI is InChI=1S/C39H52N2O10S/c1-5-48-29(3)24-47-25-30-9-12-32(13-10-30)38-33(27-51-52(44,45)34-14-7-28(2)8-15-34)22-41(39(42)43)23-37(38)50-26-31-11-16-36-35(21-31)40(18-20-49-36)17-6-19-46-4/h7-16,21,29,33,37-38H,5-6,17-20,22-27H2,1-4H3,(H,42,43)/t29-,33+,37+,38+/m1/s1. The van der Waals surface area contributed by atoms with Gasteiger partial charge in [-0.1, -0.05) is 48.0 Å². The summed E-state index contributed by atoms with van der Waals surface area (Å²) in [6.45, 7) is 10.3. The van der Waals surface area contributed by atoms with Crippen molar-refractivity contribution in [3.8, 4) is 5.75 Å². The fraction of sp³-hybridized carbons (Fsp3) is 0.513. The number of carboxylic acid groups (broad SMARTS) is 1. The summed E-state index contributed by atoms with van der Waals surface area (Å²) < 4.78 is 61.4. The minimum absolute atomic E-state index is 0.0140. The van der Waals surface area contributed by atoms with Crippen LogP contribution in [-0.2, 0) is 46.5 Å². The van der Waals surface area contributed by atoms with Crippen molar-refractivity contribution in [3.63, 3.8) is 0 Å². The number of nitrogens with zero attached hydrogens (tertiary/aromatic N) is 2. The number of piperidine rings is 1. The summed E-state index contributed by atoms with van der Waals surface area (Å²) in [6.07, 6.45) is -0.837. The van der Waals surface area contributed by atoms with Crippen LogP contribution in [0.25, 0.3) is 0 Å². The van der Waals surface area contributed by atoms with Gasteiger partial charge in [0.25, 0.3) is 10.1 Å². The lowest BCUT2D eigenvalue weighted by atomic mass is 9.78. The van der Waals surface area contributed by atoms with Crippen LogP contribution < -0.4 is 9.64 Å². The van der Waals surface area contributed by atoms with Gasteiger partial charge in [-0.3, -0.25) is 4.18 Å². The maximum Gasteiger partial charge on any atom is 0.407 e. The van der Waals surface area contributed by atoms with Crippen LogP contribution in [0.15, 0.2) is 71.6 Å². The second kappa shape index (κ2) is 18.9. The highest BCUT2D eigenvalue weighted by Crippen LogP contribution is 2.38. The average molecular weight is 741 g/mol. The van der Waals surface area contributed by atoms with Crippen LogP contribution in [0, 0.1) is 12.8 Å². The number of fused-ring (bicyclic) bond motifs is 1. The zero-order chi connectivity index (χ0) is 37.1. The molecule has 3 aromatic carbocycles. The van der Waals surface area contributed by atoms with E-state index in [-0.39, 0.29) is 43.2 Å². The minimum atomic E-state index is -4.10. The van der Waals surface area contributed by atoms with Gasteiger partial charge in [0.15, 0.2) is 0 Å². The van der Waals surface area contributed by atoms with Gasteiger partial charge in [0.2, 0.25) is 0 Å². The lowest BCUT2D eigenvalue weighted by Crippen LogP contribution is -2.52. The molecular weight excluding hydrogens is 689 g/mol. The van der Waals surface area contributed by atoms with Gasteiger partial charge in [-0.05, 0) is 68.1 Å². The molecule has 2 aliphatic heterocycles. The number of hydrogen-bond acceptors (Lipinski definition) is 10. The number of benzene rings is 3. The van der Waals surface area contributed by atoms with E-state index in [0.717, 1.165) is 53.2 Å². The van der Waals surface area contributed by atoms with Crippen molar-refractivity contribution < 1.29 is 46.2 Å². The monoisotopic (exact) mass is 740 g/mol. The van der Waals surface area contributed by atoms with Crippen LogP contribution in [0.3, 0.4) is 0 Å². The highest BCUT2D eigenvalue weighted by atomic mass is 32.2. The third-order valence-electron chi connectivity index (χ3n) is 9.44. The van der Waals surface area contributed by atoms with Gasteiger partial charge in [-0.2, -0.15) is 8.42 Å². The van der Waals surface area contributed by atoms with Gasteiger partial charge in [0.05, 0.1) is 62.3 Å². The normalized spacial score (nSPS) is 19.6. The number of anilines is 1. The number of rotatable bonds is 18. The van der Waals surface area contributed by atoms with Gasteiger partial charge < -0.3 is 38.6 Å². The molecule has 0 bridgehead atoms. The number of likely N-dealkylation sites (tertiary alicyclic amines) is 1. The Morgan fingerprint density at radius 1 is 1.02 bits per heavy atom. The zero-order valence-corrected chi connectivity index (χ0v) is 31.4. The molecule has 2 aliphatic rings. The molecule has 12 nitrogen and oxygen atoms in total. The zero-order valence-electron chi connectivity index (χ0n) is 30.6. The Balaban J connectivity index is 1.38. The van der Waals surface area contributed by atoms with E-state index in [1.165, 1.54) is 17.0 Å². The molecule has 0 saturated carbocycles. The number of aryl methyl sites for hydroxylation is 1. The lowest BCUT2D eigenvalue weighted by molar-refractivity contribution is -0.0461. The molecular formula is C39H52N2O10S. The van der Waals surface area contributed by atoms with Gasteiger partial charge >= 0.3 is 6.09 Å². The molecule has 1 saturated heterocycles. The summed E-state index contributed by atoms with van der Waals surface area (Å²) in [4.78, 5) is 16.0. The summed E-state index contributed by atoms with van der Waals surface area (Å²) in [5.74, 6) is -0.0934. The Bertz CT molecular complexity index is 1690. The first kappa shape index (κ1) is 39.5. The van der Waals surface area contributed by atoms with Gasteiger partial charge in [-0.15, -0.1) is 0 Å². The Morgan fingerprint density at radius 3 is 2.48 bits per heavy atom. The van der Waals surface area contributed by atoms with Gasteiger partial charge in [0, 0.05) is 45.2 Å². The van der Waals surface area contributed by atoms with Crippen molar-refractivity contribution in [1.82, 2.24) is 4.90 Å². The SMILES string of the molecule is CCO[C@H](C)COCc1ccc([C@H]2[C@H](COS(=O)(=O)c3ccc(C)cc3)CN(C(=O)O)C[C@@H]2OCc2ccc3c(c2)N(CCCOC)CCO3)cc1. The van der Waals surface area contributed by atoms with E-state index in [9.17, 15) is 18.3 Å². The Kier molecular flexibility index (Phi) is 14.3. The third kappa shape index (κ3) is 10.7. The molecule has 2 heterocycles. The minimum Gasteiger partial charge on any atom is -0.490 e. The first-order chi connectivity index (χ1) is 25.1. The van der Waals surface area contributed by atoms with E-state index in [2.05, 4.69) is 11.0 Å². The van der Waals surface area contributed by atoms with E-state index in [0.29, 0.717) is 33.0 Å². The van der Waals surface area contributed by atoms with Crippen molar-refractivity contribution in [3.05, 3.63) is 89.0 Å². The van der Waals surface area contributed by atoms with Gasteiger partial charge in [0.1, 0.15) is 12.4 Å². The second-order valence-corrected chi connectivity index (χ2v) is 15.0.